The minimum absolute atomic E-state index is 0.273. The molecule has 1 aromatic heterocycles. The Hall–Kier alpha value is 0.140. The van der Waals surface area contributed by atoms with Gasteiger partial charge in [-0.2, -0.15) is 0 Å². The Labute approximate surface area is 98.0 Å². The summed E-state index contributed by atoms with van der Waals surface area (Å²) in [6, 6.07) is 4.42. The van der Waals surface area contributed by atoms with Gasteiger partial charge in [-0.15, -0.1) is 11.3 Å². The smallest absolute Gasteiger partial charge is 0.0702 e. The highest BCUT2D eigenvalue weighted by Crippen LogP contribution is 2.38. The number of rotatable bonds is 2. The van der Waals surface area contributed by atoms with Crippen molar-refractivity contribution in [3.05, 3.63) is 20.8 Å². The van der Waals surface area contributed by atoms with Gasteiger partial charge >= 0.3 is 0 Å². The second kappa shape index (κ2) is 4.33. The van der Waals surface area contributed by atoms with Crippen LogP contribution in [0.4, 0.5) is 0 Å². The zero-order valence-electron chi connectivity index (χ0n) is 8.48. The average Bonchev–Trinajstić information content (AvgIpc) is 2.66. The first-order valence-corrected chi connectivity index (χ1v) is 6.89. The fourth-order valence-electron chi connectivity index (χ4n) is 2.23. The Morgan fingerprint density at radius 2 is 2.36 bits per heavy atom. The van der Waals surface area contributed by atoms with Crippen molar-refractivity contribution in [2.24, 2.45) is 0 Å². The topological polar surface area (TPSA) is 12.0 Å². The van der Waals surface area contributed by atoms with E-state index in [-0.39, 0.29) is 5.54 Å². The summed E-state index contributed by atoms with van der Waals surface area (Å²) >= 11 is 5.41. The van der Waals surface area contributed by atoms with Crippen LogP contribution >= 0.6 is 27.3 Å². The maximum atomic E-state index is 3.70. The Bertz CT molecular complexity index is 302. The standard InChI is InChI=1S/C11H16BrNS/c1-2-11(7-3-4-8-13-11)9-5-6-10(12)14-9/h5-6,13H,2-4,7-8H2,1H3. The highest BCUT2D eigenvalue weighted by atomic mass is 79.9. The summed E-state index contributed by atoms with van der Waals surface area (Å²) in [5.74, 6) is 0. The summed E-state index contributed by atoms with van der Waals surface area (Å²) in [7, 11) is 0. The average molecular weight is 274 g/mol. The quantitative estimate of drug-likeness (QED) is 0.862. The molecule has 14 heavy (non-hydrogen) atoms. The molecule has 1 atom stereocenters. The molecule has 1 saturated heterocycles. The van der Waals surface area contributed by atoms with Crippen molar-refractivity contribution in [2.45, 2.75) is 38.1 Å². The number of nitrogens with one attached hydrogen (secondary N) is 1. The third-order valence-electron chi connectivity index (χ3n) is 3.14. The molecular formula is C11H16BrNS. The lowest BCUT2D eigenvalue weighted by molar-refractivity contribution is 0.253. The minimum atomic E-state index is 0.273. The van der Waals surface area contributed by atoms with Gasteiger partial charge in [-0.1, -0.05) is 6.92 Å². The summed E-state index contributed by atoms with van der Waals surface area (Å²) in [6.07, 6.45) is 5.17. The maximum Gasteiger partial charge on any atom is 0.0702 e. The van der Waals surface area contributed by atoms with Crippen molar-refractivity contribution in [1.29, 1.82) is 0 Å². The third-order valence-corrected chi connectivity index (χ3v) is 4.97. The van der Waals surface area contributed by atoms with E-state index in [1.807, 2.05) is 11.3 Å². The number of hydrogen-bond donors (Lipinski definition) is 1. The van der Waals surface area contributed by atoms with Gasteiger partial charge in [0.25, 0.3) is 0 Å². The molecule has 0 radical (unpaired) electrons. The molecule has 3 heteroatoms. The summed E-state index contributed by atoms with van der Waals surface area (Å²) in [6.45, 7) is 3.45. The Balaban J connectivity index is 2.26. The Morgan fingerprint density at radius 1 is 1.50 bits per heavy atom. The number of piperidine rings is 1. The van der Waals surface area contributed by atoms with Crippen LogP contribution in [0.2, 0.25) is 0 Å². The van der Waals surface area contributed by atoms with E-state index in [1.54, 1.807) is 0 Å². The van der Waals surface area contributed by atoms with Crippen molar-refractivity contribution in [2.75, 3.05) is 6.54 Å². The van der Waals surface area contributed by atoms with Gasteiger partial charge in [0.2, 0.25) is 0 Å². The molecule has 1 N–H and O–H groups in total. The molecule has 1 aliphatic rings. The van der Waals surface area contributed by atoms with Gasteiger partial charge < -0.3 is 5.32 Å². The van der Waals surface area contributed by atoms with Crippen LogP contribution in [0, 0.1) is 0 Å². The highest BCUT2D eigenvalue weighted by Gasteiger charge is 2.32. The third kappa shape index (κ3) is 1.90. The fourth-order valence-corrected chi connectivity index (χ4v) is 3.88. The largest absolute Gasteiger partial charge is 0.307 e. The Morgan fingerprint density at radius 3 is 2.86 bits per heavy atom. The zero-order chi connectivity index (χ0) is 10.0. The van der Waals surface area contributed by atoms with E-state index in [1.165, 1.54) is 40.9 Å². The molecule has 0 aromatic carbocycles. The number of halogens is 1. The molecule has 1 fully saturated rings. The van der Waals surface area contributed by atoms with Crippen LogP contribution < -0.4 is 5.32 Å². The first-order chi connectivity index (χ1) is 6.77. The Kier molecular flexibility index (Phi) is 3.30. The molecule has 2 rings (SSSR count). The predicted molar refractivity (Wildman–Crippen MR) is 65.8 cm³/mol. The number of hydrogen-bond acceptors (Lipinski definition) is 2. The molecule has 0 bridgehead atoms. The molecule has 0 spiro atoms. The van der Waals surface area contributed by atoms with E-state index in [4.69, 9.17) is 0 Å². The molecular weight excluding hydrogens is 258 g/mol. The van der Waals surface area contributed by atoms with Gasteiger partial charge in [-0.25, -0.2) is 0 Å². The molecule has 1 nitrogen and oxygen atoms in total. The van der Waals surface area contributed by atoms with Crippen LogP contribution in [0.15, 0.2) is 15.9 Å². The highest BCUT2D eigenvalue weighted by molar-refractivity contribution is 9.11. The first-order valence-electron chi connectivity index (χ1n) is 5.28. The van der Waals surface area contributed by atoms with Crippen LogP contribution in [0.3, 0.4) is 0 Å². The van der Waals surface area contributed by atoms with Gasteiger partial charge in [0.05, 0.1) is 9.33 Å². The summed E-state index contributed by atoms with van der Waals surface area (Å²) in [5, 5.41) is 3.70. The van der Waals surface area contributed by atoms with Crippen molar-refractivity contribution >= 4 is 27.3 Å². The van der Waals surface area contributed by atoms with Crippen molar-refractivity contribution in [3.63, 3.8) is 0 Å². The molecule has 1 aliphatic heterocycles. The lowest BCUT2D eigenvalue weighted by atomic mass is 9.85. The van der Waals surface area contributed by atoms with Crippen LogP contribution in [0.1, 0.15) is 37.5 Å². The molecule has 1 aromatic rings. The fraction of sp³-hybridized carbons (Fsp3) is 0.636. The van der Waals surface area contributed by atoms with E-state index in [2.05, 4.69) is 40.3 Å². The summed E-state index contributed by atoms with van der Waals surface area (Å²) < 4.78 is 1.24. The monoisotopic (exact) mass is 273 g/mol. The summed E-state index contributed by atoms with van der Waals surface area (Å²) in [4.78, 5) is 1.49. The SMILES string of the molecule is CCC1(c2ccc(Br)s2)CCCCN1. The molecule has 1 unspecified atom stereocenters. The van der Waals surface area contributed by atoms with E-state index in [0.29, 0.717) is 0 Å². The van der Waals surface area contributed by atoms with Crippen molar-refractivity contribution in [1.82, 2.24) is 5.32 Å². The van der Waals surface area contributed by atoms with Gasteiger partial charge in [0, 0.05) is 4.88 Å². The second-order valence-electron chi connectivity index (χ2n) is 3.92. The zero-order valence-corrected chi connectivity index (χ0v) is 10.9. The number of thiophene rings is 1. The van der Waals surface area contributed by atoms with Crippen LogP contribution in [0.25, 0.3) is 0 Å². The molecule has 2 heterocycles. The normalized spacial score (nSPS) is 27.9. The second-order valence-corrected chi connectivity index (χ2v) is 6.39. The van der Waals surface area contributed by atoms with E-state index >= 15 is 0 Å². The summed E-state index contributed by atoms with van der Waals surface area (Å²) in [5.41, 5.74) is 0.273. The van der Waals surface area contributed by atoms with Crippen LogP contribution in [0.5, 0.6) is 0 Å². The lowest BCUT2D eigenvalue weighted by Crippen LogP contribution is -2.44. The van der Waals surface area contributed by atoms with Gasteiger partial charge in [-0.3, -0.25) is 0 Å². The van der Waals surface area contributed by atoms with Crippen LogP contribution in [-0.4, -0.2) is 6.54 Å². The molecule has 0 amide bonds. The van der Waals surface area contributed by atoms with E-state index in [9.17, 15) is 0 Å². The minimum Gasteiger partial charge on any atom is -0.307 e. The molecule has 0 aliphatic carbocycles. The van der Waals surface area contributed by atoms with E-state index < -0.39 is 0 Å². The van der Waals surface area contributed by atoms with Crippen molar-refractivity contribution < 1.29 is 0 Å². The maximum absolute atomic E-state index is 3.70. The van der Waals surface area contributed by atoms with E-state index in [0.717, 1.165) is 0 Å². The molecule has 0 saturated carbocycles. The van der Waals surface area contributed by atoms with Gasteiger partial charge in [-0.05, 0) is 60.3 Å². The predicted octanol–water partition coefficient (Wildman–Crippen LogP) is 3.89. The molecule has 78 valence electrons. The van der Waals surface area contributed by atoms with Crippen LogP contribution in [-0.2, 0) is 5.54 Å². The lowest BCUT2D eigenvalue weighted by Gasteiger charge is -2.37. The van der Waals surface area contributed by atoms with Gasteiger partial charge in [0.15, 0.2) is 0 Å². The van der Waals surface area contributed by atoms with Gasteiger partial charge in [0.1, 0.15) is 0 Å². The first kappa shape index (κ1) is 10.7. The van der Waals surface area contributed by atoms with Crippen molar-refractivity contribution in [3.8, 4) is 0 Å².